The van der Waals surface area contributed by atoms with Gasteiger partial charge in [0.15, 0.2) is 5.11 Å². The lowest BCUT2D eigenvalue weighted by molar-refractivity contribution is -0.122. The van der Waals surface area contributed by atoms with Crippen molar-refractivity contribution in [1.82, 2.24) is 5.32 Å². The Morgan fingerprint density at radius 1 is 0.935 bits per heavy atom. The highest BCUT2D eigenvalue weighted by Gasteiger charge is 2.34. The van der Waals surface area contributed by atoms with E-state index in [0.29, 0.717) is 17.2 Å². The monoisotopic (exact) mass is 462 g/mol. The summed E-state index contributed by atoms with van der Waals surface area (Å²) in [5, 5.41) is 4.68. The second kappa shape index (κ2) is 8.07. The van der Waals surface area contributed by atoms with Crippen LogP contribution in [-0.4, -0.2) is 16.9 Å². The van der Waals surface area contributed by atoms with Crippen LogP contribution in [0.3, 0.4) is 0 Å². The van der Waals surface area contributed by atoms with E-state index >= 15 is 0 Å². The molecule has 5 rings (SSSR count). The van der Waals surface area contributed by atoms with Gasteiger partial charge in [0.1, 0.15) is 17.1 Å². The van der Waals surface area contributed by atoms with Crippen molar-refractivity contribution in [3.63, 3.8) is 0 Å². The molecule has 8 heteroatoms. The Kier molecular flexibility index (Phi) is 5.11. The number of nitrogens with zero attached hydrogens (tertiary/aromatic N) is 1. The number of hydrogen-bond donors (Lipinski definition) is 1. The molecule has 1 aliphatic rings. The van der Waals surface area contributed by atoms with E-state index in [1.807, 2.05) is 47.8 Å². The summed E-state index contributed by atoms with van der Waals surface area (Å²) < 4.78 is 8.05. The van der Waals surface area contributed by atoms with E-state index in [1.54, 1.807) is 41.7 Å². The summed E-state index contributed by atoms with van der Waals surface area (Å²) in [6, 6.07) is 20.4. The van der Waals surface area contributed by atoms with Crippen LogP contribution in [0.15, 0.2) is 77.7 Å². The average molecular weight is 463 g/mol. The number of nitrogens with one attached hydrogen (secondary N) is 1. The summed E-state index contributed by atoms with van der Waals surface area (Å²) in [7, 11) is 0. The van der Waals surface area contributed by atoms with Crippen LogP contribution in [0.2, 0.25) is 0 Å². The minimum atomic E-state index is -0.493. The largest absolute Gasteiger partial charge is 0.457 e. The molecule has 2 amide bonds. The van der Waals surface area contributed by atoms with Crippen molar-refractivity contribution in [2.45, 2.75) is 0 Å². The van der Waals surface area contributed by atoms with Gasteiger partial charge in [0.05, 0.1) is 5.69 Å². The van der Waals surface area contributed by atoms with E-state index in [9.17, 15) is 9.59 Å². The van der Waals surface area contributed by atoms with E-state index in [-0.39, 0.29) is 10.7 Å². The molecule has 0 spiro atoms. The Balaban J connectivity index is 1.42. The van der Waals surface area contributed by atoms with Crippen LogP contribution in [0.25, 0.3) is 15.5 Å². The highest BCUT2D eigenvalue weighted by molar-refractivity contribution is 7.80. The van der Waals surface area contributed by atoms with Gasteiger partial charge in [-0.05, 0) is 72.2 Å². The van der Waals surface area contributed by atoms with Gasteiger partial charge in [-0.1, -0.05) is 18.2 Å². The average Bonchev–Trinajstić information content (AvgIpc) is 3.35. The minimum Gasteiger partial charge on any atom is -0.457 e. The Hall–Kier alpha value is -3.33. The fourth-order valence-electron chi connectivity index (χ4n) is 3.18. The summed E-state index contributed by atoms with van der Waals surface area (Å²) in [5.41, 5.74) is 0.598. The van der Waals surface area contributed by atoms with Crippen molar-refractivity contribution < 1.29 is 14.3 Å². The molecule has 1 N–H and O–H groups in total. The maximum Gasteiger partial charge on any atom is 0.270 e. The number of fused-ring (bicyclic) bond motifs is 1. The van der Waals surface area contributed by atoms with Crippen LogP contribution in [0.5, 0.6) is 11.5 Å². The van der Waals surface area contributed by atoms with Crippen LogP contribution in [0.4, 0.5) is 5.69 Å². The van der Waals surface area contributed by atoms with Gasteiger partial charge < -0.3 is 4.74 Å². The highest BCUT2D eigenvalue weighted by Crippen LogP contribution is 2.32. The second-order valence-electron chi connectivity index (χ2n) is 6.66. The number of hydrogen-bond acceptors (Lipinski definition) is 6. The van der Waals surface area contributed by atoms with E-state index < -0.39 is 11.8 Å². The van der Waals surface area contributed by atoms with Gasteiger partial charge >= 0.3 is 0 Å². The van der Waals surface area contributed by atoms with Crippen molar-refractivity contribution in [2.75, 3.05) is 4.90 Å². The SMILES string of the molecule is O=C1NC(=S)N(c2ccc(Oc3ccccc3)cc2)C(=O)C1=Cc1cc2sccc2s1. The molecule has 2 aromatic heterocycles. The second-order valence-corrected chi connectivity index (χ2v) is 9.11. The maximum atomic E-state index is 13.2. The fraction of sp³-hybridized carbons (Fsp3) is 0. The Morgan fingerprint density at radius 2 is 1.68 bits per heavy atom. The molecule has 1 fully saturated rings. The normalized spacial score (nSPS) is 15.5. The van der Waals surface area contributed by atoms with Gasteiger partial charge in [-0.2, -0.15) is 0 Å². The van der Waals surface area contributed by atoms with Gasteiger partial charge in [0, 0.05) is 14.3 Å². The zero-order chi connectivity index (χ0) is 21.4. The Morgan fingerprint density at radius 3 is 2.42 bits per heavy atom. The van der Waals surface area contributed by atoms with Crippen molar-refractivity contribution in [3.05, 3.63) is 82.6 Å². The third kappa shape index (κ3) is 3.88. The van der Waals surface area contributed by atoms with Crippen LogP contribution < -0.4 is 15.0 Å². The smallest absolute Gasteiger partial charge is 0.270 e. The molecule has 5 nitrogen and oxygen atoms in total. The number of para-hydroxylation sites is 1. The molecule has 2 aromatic carbocycles. The lowest BCUT2D eigenvalue weighted by atomic mass is 10.1. The molecule has 0 unspecified atom stereocenters. The summed E-state index contributed by atoms with van der Waals surface area (Å²) >= 11 is 8.44. The molecule has 1 saturated heterocycles. The number of thiophene rings is 2. The molecule has 0 atom stereocenters. The molecule has 0 aliphatic carbocycles. The summed E-state index contributed by atoms with van der Waals surface area (Å²) in [6.45, 7) is 0. The van der Waals surface area contributed by atoms with Crippen LogP contribution >= 0.6 is 34.9 Å². The first-order valence-corrected chi connectivity index (χ1v) is 11.4. The predicted molar refractivity (Wildman–Crippen MR) is 129 cm³/mol. The van der Waals surface area contributed by atoms with Crippen molar-refractivity contribution in [3.8, 4) is 11.5 Å². The van der Waals surface area contributed by atoms with E-state index in [1.165, 1.54) is 16.2 Å². The van der Waals surface area contributed by atoms with E-state index in [0.717, 1.165) is 14.3 Å². The molecule has 4 aromatic rings. The molecule has 3 heterocycles. The topological polar surface area (TPSA) is 58.6 Å². The fourth-order valence-corrected chi connectivity index (χ4v) is 5.52. The van der Waals surface area contributed by atoms with Crippen LogP contribution in [0, 0.1) is 0 Å². The zero-order valence-corrected chi connectivity index (χ0v) is 18.4. The number of anilines is 1. The molecule has 0 saturated carbocycles. The first-order chi connectivity index (χ1) is 15.1. The lowest BCUT2D eigenvalue weighted by Gasteiger charge is -2.28. The number of carbonyl (C=O) groups is 2. The Labute approximate surface area is 191 Å². The van der Waals surface area contributed by atoms with Gasteiger partial charge in [-0.25, -0.2) is 0 Å². The van der Waals surface area contributed by atoms with Gasteiger partial charge in [-0.3, -0.25) is 19.8 Å². The molecular formula is C23H14N2O3S3. The first kappa shape index (κ1) is 19.6. The summed E-state index contributed by atoms with van der Waals surface area (Å²) in [4.78, 5) is 27.8. The number of rotatable bonds is 4. The van der Waals surface area contributed by atoms with Crippen LogP contribution in [-0.2, 0) is 9.59 Å². The van der Waals surface area contributed by atoms with Crippen molar-refractivity contribution in [1.29, 1.82) is 0 Å². The molecule has 0 bridgehead atoms. The third-order valence-corrected chi connectivity index (χ3v) is 6.95. The minimum absolute atomic E-state index is 0.0483. The van der Waals surface area contributed by atoms with Crippen molar-refractivity contribution >= 4 is 73.0 Å². The summed E-state index contributed by atoms with van der Waals surface area (Å²) in [5.74, 6) is 0.395. The van der Waals surface area contributed by atoms with Gasteiger partial charge in [0.25, 0.3) is 11.8 Å². The third-order valence-electron chi connectivity index (χ3n) is 4.62. The standard InChI is InChI=1S/C23H14N2O3S3/c26-21-18(12-17-13-20-19(31-17)10-11-30-20)22(27)25(23(29)24-21)14-6-8-16(9-7-14)28-15-4-2-1-3-5-15/h1-13H,(H,24,26,29). The van der Waals surface area contributed by atoms with E-state index in [2.05, 4.69) is 5.32 Å². The quantitative estimate of drug-likeness (QED) is 0.244. The number of benzene rings is 2. The first-order valence-electron chi connectivity index (χ1n) is 9.30. The summed E-state index contributed by atoms with van der Waals surface area (Å²) in [6.07, 6.45) is 1.62. The number of carbonyl (C=O) groups excluding carboxylic acids is 2. The van der Waals surface area contributed by atoms with Gasteiger partial charge in [0.2, 0.25) is 0 Å². The van der Waals surface area contributed by atoms with Gasteiger partial charge in [-0.15, -0.1) is 22.7 Å². The van der Waals surface area contributed by atoms with Crippen LogP contribution in [0.1, 0.15) is 4.88 Å². The Bertz CT molecular complexity index is 1310. The molecule has 31 heavy (non-hydrogen) atoms. The number of ether oxygens (including phenoxy) is 1. The zero-order valence-electron chi connectivity index (χ0n) is 15.9. The van der Waals surface area contributed by atoms with E-state index in [4.69, 9.17) is 17.0 Å². The maximum absolute atomic E-state index is 13.2. The predicted octanol–water partition coefficient (Wildman–Crippen LogP) is 5.59. The number of thiocarbonyl (C=S) groups is 1. The molecule has 1 aliphatic heterocycles. The van der Waals surface area contributed by atoms with Crippen molar-refractivity contribution in [2.24, 2.45) is 0 Å². The molecule has 0 radical (unpaired) electrons. The molecular weight excluding hydrogens is 448 g/mol. The number of amides is 2. The molecule has 152 valence electrons. The highest BCUT2D eigenvalue weighted by atomic mass is 32.1. The lowest BCUT2D eigenvalue weighted by Crippen LogP contribution is -2.54.